The lowest BCUT2D eigenvalue weighted by molar-refractivity contribution is -0.0675. The molecule has 0 spiro atoms. The maximum Gasteiger partial charge on any atom is 0.280 e. The van der Waals surface area contributed by atoms with Gasteiger partial charge in [0.15, 0.2) is 0 Å². The van der Waals surface area contributed by atoms with Crippen molar-refractivity contribution in [1.29, 1.82) is 0 Å². The van der Waals surface area contributed by atoms with Crippen LogP contribution in [0, 0.1) is 0 Å². The summed E-state index contributed by atoms with van der Waals surface area (Å²) < 4.78 is 72.8. The summed E-state index contributed by atoms with van der Waals surface area (Å²) in [5.41, 5.74) is 2.55. The number of aryl methyl sites for hydroxylation is 1. The number of benzene rings is 1. The van der Waals surface area contributed by atoms with Gasteiger partial charge in [-0.1, -0.05) is 11.3 Å². The lowest BCUT2D eigenvalue weighted by Gasteiger charge is -2.36. The summed E-state index contributed by atoms with van der Waals surface area (Å²) in [6.45, 7) is -0.550. The topological polar surface area (TPSA) is 85.4 Å². The summed E-state index contributed by atoms with van der Waals surface area (Å²) in [6, 6.07) is 5.64. The van der Waals surface area contributed by atoms with Crippen LogP contribution >= 0.6 is 0 Å². The third-order valence-electron chi connectivity index (χ3n) is 5.79. The van der Waals surface area contributed by atoms with Crippen LogP contribution in [0.25, 0.3) is 27.7 Å². The van der Waals surface area contributed by atoms with Crippen LogP contribution in [0.5, 0.6) is 5.88 Å². The SMILES string of the molecule is [2H]C([2H])([2H])Oc1nc(N[C@@H]2CCN(C)CC2(F)F)nn2ccc(-c3ccc4nnn(CCF)c4c3)c12. The van der Waals surface area contributed by atoms with E-state index < -0.39 is 32.2 Å². The molecule has 1 saturated heterocycles. The lowest BCUT2D eigenvalue weighted by atomic mass is 10.0. The predicted octanol–water partition coefficient (Wildman–Crippen LogP) is 2.87. The van der Waals surface area contributed by atoms with Crippen LogP contribution < -0.4 is 10.1 Å². The molecule has 9 nitrogen and oxygen atoms in total. The van der Waals surface area contributed by atoms with Gasteiger partial charge in [0.2, 0.25) is 11.8 Å². The molecule has 0 unspecified atom stereocenters. The van der Waals surface area contributed by atoms with Crippen LogP contribution in [0.4, 0.5) is 19.1 Å². The number of ether oxygens (including phenoxy) is 1. The van der Waals surface area contributed by atoms with E-state index in [-0.39, 0.29) is 30.3 Å². The first-order chi connectivity index (χ1) is 17.0. The summed E-state index contributed by atoms with van der Waals surface area (Å²) in [5.74, 6) is -3.51. The number of rotatable bonds is 6. The Bertz CT molecular complexity index is 1410. The van der Waals surface area contributed by atoms with Gasteiger partial charge in [-0.15, -0.1) is 10.2 Å². The number of fused-ring (bicyclic) bond motifs is 2. The molecule has 1 fully saturated rings. The molecule has 0 bridgehead atoms. The number of alkyl halides is 3. The summed E-state index contributed by atoms with van der Waals surface area (Å²) >= 11 is 0. The van der Waals surface area contributed by atoms with Gasteiger partial charge >= 0.3 is 0 Å². The molecule has 1 N–H and O–H groups in total. The molecule has 5 rings (SSSR count). The molecule has 4 heterocycles. The third kappa shape index (κ3) is 3.84. The van der Waals surface area contributed by atoms with E-state index in [4.69, 9.17) is 8.85 Å². The van der Waals surface area contributed by atoms with Crippen molar-refractivity contribution in [2.75, 3.05) is 39.2 Å². The Morgan fingerprint density at radius 2 is 2.21 bits per heavy atom. The fourth-order valence-corrected chi connectivity index (χ4v) is 4.18. The quantitative estimate of drug-likeness (QED) is 0.471. The second-order valence-corrected chi connectivity index (χ2v) is 8.05. The summed E-state index contributed by atoms with van der Waals surface area (Å²) in [6.07, 6.45) is 1.70. The largest absolute Gasteiger partial charge is 0.479 e. The first-order valence-electron chi connectivity index (χ1n) is 11.8. The molecule has 174 valence electrons. The highest BCUT2D eigenvalue weighted by atomic mass is 19.3. The lowest BCUT2D eigenvalue weighted by Crippen LogP contribution is -2.53. The number of nitrogens with one attached hydrogen (secondary N) is 1. The number of hydrogen-bond acceptors (Lipinski definition) is 7. The van der Waals surface area contributed by atoms with E-state index in [2.05, 4.69) is 25.7 Å². The molecule has 1 aromatic carbocycles. The van der Waals surface area contributed by atoms with Gasteiger partial charge in [0.05, 0.1) is 35.8 Å². The van der Waals surface area contributed by atoms with Gasteiger partial charge in [-0.2, -0.15) is 4.98 Å². The van der Waals surface area contributed by atoms with Gasteiger partial charge in [0.25, 0.3) is 5.92 Å². The second kappa shape index (κ2) is 8.18. The van der Waals surface area contributed by atoms with Crippen molar-refractivity contribution in [1.82, 2.24) is 34.5 Å². The van der Waals surface area contributed by atoms with Gasteiger partial charge in [0.1, 0.15) is 17.7 Å². The number of likely N-dealkylation sites (tertiary alicyclic amines) is 1. The molecule has 12 heteroatoms. The number of nitrogens with zero attached hydrogens (tertiary/aromatic N) is 7. The number of aromatic nitrogens is 6. The minimum Gasteiger partial charge on any atom is -0.479 e. The first-order valence-corrected chi connectivity index (χ1v) is 10.3. The Kier molecular flexibility index (Phi) is 4.48. The van der Waals surface area contributed by atoms with Crippen molar-refractivity contribution in [3.8, 4) is 17.0 Å². The van der Waals surface area contributed by atoms with Crippen molar-refractivity contribution in [2.24, 2.45) is 0 Å². The second-order valence-electron chi connectivity index (χ2n) is 8.05. The zero-order chi connectivity index (χ0) is 25.7. The van der Waals surface area contributed by atoms with Crippen molar-refractivity contribution in [3.05, 3.63) is 30.5 Å². The van der Waals surface area contributed by atoms with E-state index >= 15 is 0 Å². The smallest absolute Gasteiger partial charge is 0.280 e. The molecule has 0 aliphatic carbocycles. The molecule has 0 radical (unpaired) electrons. The maximum absolute atomic E-state index is 14.6. The minimum absolute atomic E-state index is 0.0314. The Labute approximate surface area is 191 Å². The average Bonchev–Trinajstić information content (AvgIpc) is 3.39. The summed E-state index contributed by atoms with van der Waals surface area (Å²) in [4.78, 5) is 5.71. The van der Waals surface area contributed by atoms with E-state index in [1.165, 1.54) is 14.1 Å². The van der Waals surface area contributed by atoms with Crippen LogP contribution in [0.1, 0.15) is 10.5 Å². The Morgan fingerprint density at radius 3 is 3.00 bits per heavy atom. The van der Waals surface area contributed by atoms with E-state index in [0.717, 1.165) is 0 Å². The summed E-state index contributed by atoms with van der Waals surface area (Å²) in [5, 5.41) is 14.9. The predicted molar refractivity (Wildman–Crippen MR) is 117 cm³/mol. The van der Waals surface area contributed by atoms with Crippen LogP contribution in [0.3, 0.4) is 0 Å². The number of methoxy groups -OCH3 is 1. The molecule has 1 aliphatic rings. The number of halogens is 3. The van der Waals surface area contributed by atoms with E-state index in [0.29, 0.717) is 28.7 Å². The Morgan fingerprint density at radius 1 is 1.33 bits per heavy atom. The zero-order valence-corrected chi connectivity index (χ0v) is 17.7. The van der Waals surface area contributed by atoms with E-state index in [9.17, 15) is 13.2 Å². The third-order valence-corrected chi connectivity index (χ3v) is 5.79. The molecule has 1 atom stereocenters. The molecule has 1 aliphatic heterocycles. The van der Waals surface area contributed by atoms with Crippen LogP contribution in [0.2, 0.25) is 0 Å². The van der Waals surface area contributed by atoms with E-state index in [1.54, 1.807) is 37.5 Å². The van der Waals surface area contributed by atoms with Crippen molar-refractivity contribution < 1.29 is 22.0 Å². The van der Waals surface area contributed by atoms with Gasteiger partial charge in [0, 0.05) is 18.3 Å². The molecule has 0 saturated carbocycles. The van der Waals surface area contributed by atoms with Crippen LogP contribution in [0.15, 0.2) is 30.5 Å². The number of hydrogen-bond donors (Lipinski definition) is 1. The first kappa shape index (κ1) is 18.1. The monoisotopic (exact) mass is 463 g/mol. The zero-order valence-electron chi connectivity index (χ0n) is 20.7. The van der Waals surface area contributed by atoms with Gasteiger partial charge in [-0.05, 0) is 37.2 Å². The molecular weight excluding hydrogens is 437 g/mol. The number of piperidine rings is 1. The molecular formula is C21H23F3N8O. The average molecular weight is 463 g/mol. The molecule has 0 amide bonds. The van der Waals surface area contributed by atoms with Gasteiger partial charge < -0.3 is 15.0 Å². The highest BCUT2D eigenvalue weighted by Gasteiger charge is 2.44. The molecule has 4 aromatic rings. The van der Waals surface area contributed by atoms with Crippen molar-refractivity contribution in [2.45, 2.75) is 24.9 Å². The fraction of sp³-hybridized carbons (Fsp3) is 0.429. The van der Waals surface area contributed by atoms with Crippen LogP contribution in [-0.2, 0) is 6.54 Å². The van der Waals surface area contributed by atoms with Crippen molar-refractivity contribution in [3.63, 3.8) is 0 Å². The fourth-order valence-electron chi connectivity index (χ4n) is 4.18. The van der Waals surface area contributed by atoms with Gasteiger partial charge in [-0.3, -0.25) is 0 Å². The molecule has 33 heavy (non-hydrogen) atoms. The summed E-state index contributed by atoms with van der Waals surface area (Å²) in [7, 11) is -1.23. The molecule has 3 aromatic heterocycles. The maximum atomic E-state index is 14.6. The standard InChI is InChI=1S/C21H23F3N8O/c1-30-8-6-17(21(23,24)12-30)25-20-26-19(33-2)18-14(5-9-32(18)28-20)13-3-4-15-16(11-13)31(10-7-22)29-27-15/h3-5,9,11,17H,6-8,10,12H2,1-2H3,(H,25,28)/t17-/m1/s1/i2D3. The van der Waals surface area contributed by atoms with Crippen LogP contribution in [-0.4, -0.2) is 80.3 Å². The van der Waals surface area contributed by atoms with Crippen molar-refractivity contribution >= 4 is 22.5 Å². The number of anilines is 1. The highest BCUT2D eigenvalue weighted by Crippen LogP contribution is 2.34. The Hall–Kier alpha value is -3.41. The normalized spacial score (nSPS) is 20.5. The van der Waals surface area contributed by atoms with Gasteiger partial charge in [-0.25, -0.2) is 22.4 Å². The Balaban J connectivity index is 1.58. The van der Waals surface area contributed by atoms with E-state index in [1.807, 2.05) is 0 Å². The minimum atomic E-state index is -3.04. The highest BCUT2D eigenvalue weighted by molar-refractivity contribution is 5.89.